The van der Waals surface area contributed by atoms with Crippen LogP contribution in [0.5, 0.6) is 11.5 Å². The summed E-state index contributed by atoms with van der Waals surface area (Å²) in [4.78, 5) is 15.4. The third-order valence-electron chi connectivity index (χ3n) is 7.63. The van der Waals surface area contributed by atoms with Gasteiger partial charge in [-0.1, -0.05) is 51.0 Å². The second-order valence-corrected chi connectivity index (χ2v) is 9.94. The Hall–Kier alpha value is -2.79. The van der Waals surface area contributed by atoms with Crippen LogP contribution in [0.1, 0.15) is 74.6 Å². The maximum Gasteiger partial charge on any atom is 0.247 e. The Labute approximate surface area is 203 Å². The monoisotopic (exact) mass is 463 g/mol. The van der Waals surface area contributed by atoms with Crippen LogP contribution in [-0.2, 0) is 4.79 Å². The number of hydrogen-bond donors (Lipinski definition) is 1. The van der Waals surface area contributed by atoms with Gasteiger partial charge in [0.1, 0.15) is 11.5 Å². The van der Waals surface area contributed by atoms with E-state index in [2.05, 4.69) is 38.1 Å². The molecule has 0 aromatic heterocycles. The summed E-state index contributed by atoms with van der Waals surface area (Å²) in [5.41, 5.74) is 2.46. The van der Waals surface area contributed by atoms with E-state index >= 15 is 0 Å². The minimum atomic E-state index is -0.749. The minimum Gasteiger partial charge on any atom is -0.497 e. The summed E-state index contributed by atoms with van der Waals surface area (Å²) in [6.07, 6.45) is 7.92. The van der Waals surface area contributed by atoms with Gasteiger partial charge in [0.15, 0.2) is 0 Å². The zero-order valence-corrected chi connectivity index (χ0v) is 20.8. The van der Waals surface area contributed by atoms with Gasteiger partial charge in [-0.2, -0.15) is 0 Å². The number of rotatable bonds is 6. The van der Waals surface area contributed by atoms with Crippen molar-refractivity contribution < 1.29 is 19.4 Å². The van der Waals surface area contributed by atoms with Gasteiger partial charge in [0.2, 0.25) is 5.91 Å². The summed E-state index contributed by atoms with van der Waals surface area (Å²) in [7, 11) is 3.27. The van der Waals surface area contributed by atoms with Gasteiger partial charge in [-0.25, -0.2) is 0 Å². The molecule has 1 saturated heterocycles. The molecule has 2 unspecified atom stereocenters. The summed E-state index contributed by atoms with van der Waals surface area (Å²) in [5.74, 6) is 1.80. The topological polar surface area (TPSA) is 59.0 Å². The summed E-state index contributed by atoms with van der Waals surface area (Å²) in [5, 5.41) is 11.5. The fraction of sp³-hybridized carbons (Fsp3) is 0.483. The summed E-state index contributed by atoms with van der Waals surface area (Å²) < 4.78 is 11.1. The molecule has 2 aromatic rings. The molecule has 1 saturated carbocycles. The van der Waals surface area contributed by atoms with Crippen molar-refractivity contribution in [3.8, 4) is 11.5 Å². The lowest BCUT2D eigenvalue weighted by Crippen LogP contribution is -2.56. The Kier molecular flexibility index (Phi) is 7.32. The second-order valence-electron chi connectivity index (χ2n) is 9.94. The van der Waals surface area contributed by atoms with Crippen molar-refractivity contribution >= 4 is 12.0 Å². The first-order valence-corrected chi connectivity index (χ1v) is 12.4. The Morgan fingerprint density at radius 1 is 1.09 bits per heavy atom. The standard InChI is InChI=1S/C29H37NO4/c1-20(2)22-11-8-21(9-12-22)10-15-27(31)30-18-17-29(32)16-6-5-7-25(29)28(30)24-14-13-23(33-3)19-26(24)34-4/h8-15,19-20,25,28,32H,5-7,16-18H2,1-4H3/b15-10+/t25?,28-,29?/m0/s1. The van der Waals surface area contributed by atoms with Gasteiger partial charge < -0.3 is 19.5 Å². The minimum absolute atomic E-state index is 0.0278. The van der Waals surface area contributed by atoms with Crippen molar-refractivity contribution in [3.05, 3.63) is 65.2 Å². The zero-order chi connectivity index (χ0) is 24.3. The molecule has 0 radical (unpaired) electrons. The fourth-order valence-electron chi connectivity index (χ4n) is 5.63. The molecule has 2 fully saturated rings. The van der Waals surface area contributed by atoms with E-state index in [1.54, 1.807) is 20.3 Å². The molecular weight excluding hydrogens is 426 g/mol. The molecule has 2 aliphatic rings. The smallest absolute Gasteiger partial charge is 0.247 e. The molecule has 1 amide bonds. The average Bonchev–Trinajstić information content (AvgIpc) is 2.86. The van der Waals surface area contributed by atoms with Gasteiger partial charge in [0.05, 0.1) is 25.9 Å². The number of fused-ring (bicyclic) bond motifs is 1. The van der Waals surface area contributed by atoms with Crippen LogP contribution in [-0.4, -0.2) is 42.3 Å². The molecule has 1 aliphatic carbocycles. The van der Waals surface area contributed by atoms with Crippen LogP contribution in [0.4, 0.5) is 0 Å². The molecule has 1 N–H and O–H groups in total. The Morgan fingerprint density at radius 3 is 2.53 bits per heavy atom. The van der Waals surface area contributed by atoms with Gasteiger partial charge in [-0.05, 0) is 54.5 Å². The summed E-state index contributed by atoms with van der Waals surface area (Å²) in [6.45, 7) is 4.86. The van der Waals surface area contributed by atoms with Crippen molar-refractivity contribution in [2.24, 2.45) is 5.92 Å². The number of benzene rings is 2. The third kappa shape index (κ3) is 4.85. The van der Waals surface area contributed by atoms with E-state index in [0.29, 0.717) is 30.4 Å². The maximum absolute atomic E-state index is 13.5. The van der Waals surface area contributed by atoms with Crippen LogP contribution in [0.15, 0.2) is 48.5 Å². The van der Waals surface area contributed by atoms with Crippen molar-refractivity contribution in [3.63, 3.8) is 0 Å². The lowest BCUT2D eigenvalue weighted by molar-refractivity contribution is -0.151. The summed E-state index contributed by atoms with van der Waals surface area (Å²) >= 11 is 0. The van der Waals surface area contributed by atoms with Crippen LogP contribution in [0, 0.1) is 5.92 Å². The van der Waals surface area contributed by atoms with Gasteiger partial charge in [-0.3, -0.25) is 4.79 Å². The van der Waals surface area contributed by atoms with Crippen LogP contribution in [0.25, 0.3) is 6.08 Å². The van der Waals surface area contributed by atoms with Crippen molar-refractivity contribution in [1.82, 2.24) is 4.90 Å². The highest BCUT2D eigenvalue weighted by Gasteiger charge is 2.50. The summed E-state index contributed by atoms with van der Waals surface area (Å²) in [6, 6.07) is 13.8. The van der Waals surface area contributed by atoms with E-state index in [9.17, 15) is 9.90 Å². The van der Waals surface area contributed by atoms with E-state index in [4.69, 9.17) is 9.47 Å². The lowest BCUT2D eigenvalue weighted by atomic mass is 9.66. The molecule has 5 heteroatoms. The number of ether oxygens (including phenoxy) is 2. The predicted molar refractivity (Wildman–Crippen MR) is 135 cm³/mol. The molecule has 0 bridgehead atoms. The predicted octanol–water partition coefficient (Wildman–Crippen LogP) is 5.74. The maximum atomic E-state index is 13.5. The lowest BCUT2D eigenvalue weighted by Gasteiger charge is -2.52. The first-order chi connectivity index (χ1) is 16.4. The Balaban J connectivity index is 1.66. The molecule has 0 spiro atoms. The first-order valence-electron chi connectivity index (χ1n) is 12.4. The molecule has 1 aliphatic heterocycles. The molecule has 34 heavy (non-hydrogen) atoms. The van der Waals surface area contributed by atoms with Crippen molar-refractivity contribution in [1.29, 1.82) is 0 Å². The van der Waals surface area contributed by atoms with Crippen molar-refractivity contribution in [2.45, 2.75) is 63.5 Å². The average molecular weight is 464 g/mol. The number of carbonyl (C=O) groups excluding carboxylic acids is 1. The van der Waals surface area contributed by atoms with E-state index < -0.39 is 5.60 Å². The van der Waals surface area contributed by atoms with E-state index in [1.165, 1.54) is 5.56 Å². The fourth-order valence-corrected chi connectivity index (χ4v) is 5.63. The Morgan fingerprint density at radius 2 is 1.85 bits per heavy atom. The molecule has 182 valence electrons. The van der Waals surface area contributed by atoms with Gasteiger partial charge in [-0.15, -0.1) is 0 Å². The Bertz CT molecular complexity index is 1030. The number of carbonyl (C=O) groups is 1. The molecule has 1 heterocycles. The van der Waals surface area contributed by atoms with Gasteiger partial charge >= 0.3 is 0 Å². The van der Waals surface area contributed by atoms with Crippen molar-refractivity contribution in [2.75, 3.05) is 20.8 Å². The largest absolute Gasteiger partial charge is 0.497 e. The number of piperidine rings is 1. The second kappa shape index (κ2) is 10.2. The number of hydrogen-bond acceptors (Lipinski definition) is 4. The molecule has 3 atom stereocenters. The quantitative estimate of drug-likeness (QED) is 0.556. The van der Waals surface area contributed by atoms with Crippen LogP contribution < -0.4 is 9.47 Å². The third-order valence-corrected chi connectivity index (χ3v) is 7.63. The molecule has 2 aromatic carbocycles. The SMILES string of the molecule is COc1ccc([C@H]2C3CCCCC3(O)CCN2C(=O)/C=C/c2ccc(C(C)C)cc2)c(OC)c1. The van der Waals surface area contributed by atoms with Crippen LogP contribution in [0.2, 0.25) is 0 Å². The molecule has 4 rings (SSSR count). The zero-order valence-electron chi connectivity index (χ0n) is 20.8. The number of nitrogens with zero attached hydrogens (tertiary/aromatic N) is 1. The number of likely N-dealkylation sites (tertiary alicyclic amines) is 1. The highest BCUT2D eigenvalue weighted by Crippen LogP contribution is 2.51. The number of aliphatic hydroxyl groups is 1. The number of amides is 1. The normalized spacial score (nSPS) is 24.8. The highest BCUT2D eigenvalue weighted by molar-refractivity contribution is 5.92. The van der Waals surface area contributed by atoms with Gasteiger partial charge in [0, 0.05) is 30.2 Å². The number of methoxy groups -OCH3 is 2. The molecular formula is C29H37NO4. The van der Waals surface area contributed by atoms with E-state index in [-0.39, 0.29) is 17.9 Å². The van der Waals surface area contributed by atoms with E-state index in [0.717, 1.165) is 36.8 Å². The highest BCUT2D eigenvalue weighted by atomic mass is 16.5. The van der Waals surface area contributed by atoms with Crippen LogP contribution in [0.3, 0.4) is 0 Å². The molecule has 5 nitrogen and oxygen atoms in total. The van der Waals surface area contributed by atoms with Crippen LogP contribution >= 0.6 is 0 Å². The van der Waals surface area contributed by atoms with E-state index in [1.807, 2.05) is 29.2 Å². The van der Waals surface area contributed by atoms with Gasteiger partial charge in [0.25, 0.3) is 0 Å². The first kappa shape index (κ1) is 24.3.